The molecule has 0 atom stereocenters. The summed E-state index contributed by atoms with van der Waals surface area (Å²) in [4.78, 5) is 11.4. The van der Waals surface area contributed by atoms with Crippen molar-refractivity contribution in [3.05, 3.63) is 53.6 Å². The molecule has 23 heavy (non-hydrogen) atoms. The van der Waals surface area contributed by atoms with Crippen molar-refractivity contribution < 1.29 is 19.0 Å². The van der Waals surface area contributed by atoms with Crippen molar-refractivity contribution in [3.8, 4) is 11.5 Å². The van der Waals surface area contributed by atoms with E-state index in [1.54, 1.807) is 43.3 Å². The van der Waals surface area contributed by atoms with Crippen LogP contribution in [0.2, 0.25) is 5.02 Å². The first-order valence-electron chi connectivity index (χ1n) is 7.23. The molecule has 2 aromatic carbocycles. The van der Waals surface area contributed by atoms with Gasteiger partial charge in [-0.05, 0) is 31.2 Å². The van der Waals surface area contributed by atoms with Crippen LogP contribution in [0, 0.1) is 0 Å². The van der Waals surface area contributed by atoms with E-state index in [0.29, 0.717) is 42.0 Å². The Morgan fingerprint density at radius 3 is 2.65 bits per heavy atom. The van der Waals surface area contributed by atoms with E-state index < -0.39 is 6.09 Å². The lowest BCUT2D eigenvalue weighted by Crippen LogP contribution is -2.13. The van der Waals surface area contributed by atoms with Crippen LogP contribution in [0.15, 0.2) is 48.5 Å². The quantitative estimate of drug-likeness (QED) is 0.763. The van der Waals surface area contributed by atoms with Crippen LogP contribution in [0.25, 0.3) is 0 Å². The fourth-order valence-electron chi connectivity index (χ4n) is 1.82. The van der Waals surface area contributed by atoms with Gasteiger partial charge in [-0.15, -0.1) is 0 Å². The maximum atomic E-state index is 11.4. The molecule has 1 amide bonds. The Kier molecular flexibility index (Phi) is 6.56. The zero-order valence-corrected chi connectivity index (χ0v) is 13.5. The van der Waals surface area contributed by atoms with Crippen LogP contribution >= 0.6 is 11.6 Å². The molecule has 2 aromatic rings. The van der Waals surface area contributed by atoms with Gasteiger partial charge in [0.2, 0.25) is 0 Å². The second-order valence-electron chi connectivity index (χ2n) is 4.50. The van der Waals surface area contributed by atoms with Crippen LogP contribution < -0.4 is 14.8 Å². The molecule has 0 aliphatic rings. The minimum Gasteiger partial charge on any atom is -0.490 e. The van der Waals surface area contributed by atoms with E-state index in [4.69, 9.17) is 25.8 Å². The average molecular weight is 336 g/mol. The van der Waals surface area contributed by atoms with Crippen LogP contribution in [0.1, 0.15) is 6.92 Å². The Bertz CT molecular complexity index is 648. The highest BCUT2D eigenvalue weighted by Gasteiger charge is 2.04. The van der Waals surface area contributed by atoms with Gasteiger partial charge in [0.1, 0.15) is 24.7 Å². The van der Waals surface area contributed by atoms with Gasteiger partial charge in [-0.25, -0.2) is 4.79 Å². The third-order valence-electron chi connectivity index (χ3n) is 2.80. The molecule has 0 unspecified atom stereocenters. The standard InChI is InChI=1S/C17H18ClNO4/c1-2-21-17(20)19-13-6-5-7-14(12-13)22-10-11-23-16-9-4-3-8-15(16)18/h3-9,12H,2,10-11H2,1H3,(H,19,20). The summed E-state index contributed by atoms with van der Waals surface area (Å²) in [6.07, 6.45) is -0.494. The molecule has 2 rings (SSSR count). The maximum absolute atomic E-state index is 11.4. The molecule has 0 aliphatic carbocycles. The Morgan fingerprint density at radius 1 is 1.09 bits per heavy atom. The van der Waals surface area contributed by atoms with Gasteiger partial charge in [0, 0.05) is 11.8 Å². The highest BCUT2D eigenvalue weighted by molar-refractivity contribution is 6.32. The molecule has 0 fully saturated rings. The number of carbonyl (C=O) groups is 1. The van der Waals surface area contributed by atoms with E-state index in [2.05, 4.69) is 5.32 Å². The predicted molar refractivity (Wildman–Crippen MR) is 89.5 cm³/mol. The summed E-state index contributed by atoms with van der Waals surface area (Å²) < 4.78 is 15.9. The summed E-state index contributed by atoms with van der Waals surface area (Å²) >= 11 is 6.00. The number of hydrogen-bond acceptors (Lipinski definition) is 4. The smallest absolute Gasteiger partial charge is 0.411 e. The lowest BCUT2D eigenvalue weighted by Gasteiger charge is -2.10. The van der Waals surface area contributed by atoms with E-state index in [1.807, 2.05) is 12.1 Å². The van der Waals surface area contributed by atoms with Crippen LogP contribution in [-0.4, -0.2) is 25.9 Å². The Morgan fingerprint density at radius 2 is 1.87 bits per heavy atom. The van der Waals surface area contributed by atoms with Crippen molar-refractivity contribution in [1.82, 2.24) is 0 Å². The molecule has 0 saturated carbocycles. The molecule has 122 valence electrons. The predicted octanol–water partition coefficient (Wildman–Crippen LogP) is 4.37. The van der Waals surface area contributed by atoms with Gasteiger partial charge in [0.05, 0.1) is 11.6 Å². The third-order valence-corrected chi connectivity index (χ3v) is 3.11. The minimum absolute atomic E-state index is 0.321. The van der Waals surface area contributed by atoms with E-state index in [9.17, 15) is 4.79 Å². The number of amides is 1. The molecule has 1 N–H and O–H groups in total. The SMILES string of the molecule is CCOC(=O)Nc1cccc(OCCOc2ccccc2Cl)c1. The molecular weight excluding hydrogens is 318 g/mol. The fraction of sp³-hybridized carbons (Fsp3) is 0.235. The van der Waals surface area contributed by atoms with Gasteiger partial charge in [0.25, 0.3) is 0 Å². The van der Waals surface area contributed by atoms with Crippen LogP contribution in [-0.2, 0) is 4.74 Å². The van der Waals surface area contributed by atoms with Gasteiger partial charge >= 0.3 is 6.09 Å². The number of anilines is 1. The monoisotopic (exact) mass is 335 g/mol. The van der Waals surface area contributed by atoms with Crippen molar-refractivity contribution in [3.63, 3.8) is 0 Å². The lowest BCUT2D eigenvalue weighted by atomic mass is 10.3. The first-order valence-corrected chi connectivity index (χ1v) is 7.61. The molecule has 0 saturated heterocycles. The third kappa shape index (κ3) is 5.71. The summed E-state index contributed by atoms with van der Waals surface area (Å²) in [5.74, 6) is 1.25. The summed E-state index contributed by atoms with van der Waals surface area (Å²) in [5, 5.41) is 3.18. The van der Waals surface area contributed by atoms with Gasteiger partial charge in [-0.2, -0.15) is 0 Å². The van der Waals surface area contributed by atoms with Crippen LogP contribution in [0.4, 0.5) is 10.5 Å². The number of carbonyl (C=O) groups excluding carboxylic acids is 1. The van der Waals surface area contributed by atoms with Crippen molar-refractivity contribution in [2.24, 2.45) is 0 Å². The van der Waals surface area contributed by atoms with Crippen molar-refractivity contribution in [2.75, 3.05) is 25.1 Å². The topological polar surface area (TPSA) is 56.8 Å². The molecule has 6 heteroatoms. The van der Waals surface area contributed by atoms with Gasteiger partial charge in [-0.3, -0.25) is 5.32 Å². The van der Waals surface area contributed by atoms with Crippen LogP contribution in [0.3, 0.4) is 0 Å². The molecule has 0 heterocycles. The zero-order valence-electron chi connectivity index (χ0n) is 12.8. The second kappa shape index (κ2) is 8.90. The van der Waals surface area contributed by atoms with Gasteiger partial charge < -0.3 is 14.2 Å². The van der Waals surface area contributed by atoms with E-state index in [-0.39, 0.29) is 0 Å². The number of hydrogen-bond donors (Lipinski definition) is 1. The summed E-state index contributed by atoms with van der Waals surface area (Å²) in [5.41, 5.74) is 0.605. The Labute approximate surface area is 140 Å². The highest BCUT2D eigenvalue weighted by Crippen LogP contribution is 2.23. The van der Waals surface area contributed by atoms with E-state index in [0.717, 1.165) is 0 Å². The molecule has 0 bridgehead atoms. The van der Waals surface area contributed by atoms with Gasteiger partial charge in [-0.1, -0.05) is 29.8 Å². The summed E-state index contributed by atoms with van der Waals surface area (Å²) in [6.45, 7) is 2.78. The minimum atomic E-state index is -0.494. The highest BCUT2D eigenvalue weighted by atomic mass is 35.5. The van der Waals surface area contributed by atoms with Crippen molar-refractivity contribution in [2.45, 2.75) is 6.92 Å². The average Bonchev–Trinajstić information content (AvgIpc) is 2.54. The van der Waals surface area contributed by atoms with Gasteiger partial charge in [0.15, 0.2) is 0 Å². The number of para-hydroxylation sites is 1. The molecule has 0 radical (unpaired) electrons. The zero-order chi connectivity index (χ0) is 16.5. The molecule has 0 aromatic heterocycles. The maximum Gasteiger partial charge on any atom is 0.411 e. The fourth-order valence-corrected chi connectivity index (χ4v) is 2.01. The number of benzene rings is 2. The number of nitrogens with one attached hydrogen (secondary N) is 1. The van der Waals surface area contributed by atoms with Crippen molar-refractivity contribution >= 4 is 23.4 Å². The molecule has 5 nitrogen and oxygen atoms in total. The number of ether oxygens (including phenoxy) is 3. The summed E-state index contributed by atoms with van der Waals surface area (Å²) in [6, 6.07) is 14.3. The van der Waals surface area contributed by atoms with E-state index in [1.165, 1.54) is 0 Å². The first-order chi connectivity index (χ1) is 11.2. The summed E-state index contributed by atoms with van der Waals surface area (Å²) in [7, 11) is 0. The molecule has 0 aliphatic heterocycles. The Hall–Kier alpha value is -2.40. The van der Waals surface area contributed by atoms with E-state index >= 15 is 0 Å². The van der Waals surface area contributed by atoms with Crippen LogP contribution in [0.5, 0.6) is 11.5 Å². The lowest BCUT2D eigenvalue weighted by molar-refractivity contribution is 0.168. The Balaban J connectivity index is 1.79. The largest absolute Gasteiger partial charge is 0.490 e. The van der Waals surface area contributed by atoms with Crippen molar-refractivity contribution in [1.29, 1.82) is 0 Å². The first kappa shape index (κ1) is 17.0. The number of halogens is 1. The molecule has 0 spiro atoms. The number of rotatable bonds is 7. The molecular formula is C17H18ClNO4. The second-order valence-corrected chi connectivity index (χ2v) is 4.91. The normalized spacial score (nSPS) is 10.0.